The van der Waals surface area contributed by atoms with E-state index in [0.717, 1.165) is 24.2 Å². The van der Waals surface area contributed by atoms with Crippen molar-refractivity contribution in [2.24, 2.45) is 0 Å². The number of benzene rings is 1. The molecule has 5 rings (SSSR count). The van der Waals surface area contributed by atoms with Crippen LogP contribution in [0.4, 0.5) is 18.0 Å². The summed E-state index contributed by atoms with van der Waals surface area (Å²) in [6.07, 6.45) is -0.687. The molecule has 2 saturated carbocycles. The standard InChI is InChI=1S/C26H29F3N4O4/c1-2-14-36-24(35)33(20-15-19(20)17-6-4-3-5-7-17)16-25(10-11-25)22-30-21(37-31-22)18-8-12-32(13-9-18)23(34)26(27,28)29/h2-7,18-20H,1,8-16H2. The fourth-order valence-electron chi connectivity index (χ4n) is 5.17. The maximum absolute atomic E-state index is 13.0. The summed E-state index contributed by atoms with van der Waals surface area (Å²) in [5.41, 5.74) is 0.738. The summed E-state index contributed by atoms with van der Waals surface area (Å²) < 4.78 is 49.1. The van der Waals surface area contributed by atoms with Crippen molar-refractivity contribution in [2.75, 3.05) is 26.2 Å². The molecule has 3 aliphatic rings. The van der Waals surface area contributed by atoms with Crippen LogP contribution in [0.25, 0.3) is 0 Å². The first-order valence-electron chi connectivity index (χ1n) is 12.5. The molecule has 2 heterocycles. The molecule has 1 saturated heterocycles. The summed E-state index contributed by atoms with van der Waals surface area (Å²) in [5.74, 6) is -0.913. The van der Waals surface area contributed by atoms with Crippen molar-refractivity contribution < 1.29 is 32.0 Å². The highest BCUT2D eigenvalue weighted by Crippen LogP contribution is 2.52. The average Bonchev–Trinajstić information content (AvgIpc) is 3.82. The van der Waals surface area contributed by atoms with E-state index in [9.17, 15) is 22.8 Å². The number of rotatable bonds is 8. The lowest BCUT2D eigenvalue weighted by Crippen LogP contribution is -2.45. The molecule has 2 unspecified atom stereocenters. The topological polar surface area (TPSA) is 88.8 Å². The number of likely N-dealkylation sites (tertiary alicyclic amines) is 1. The van der Waals surface area contributed by atoms with Crippen molar-refractivity contribution in [3.8, 4) is 0 Å². The molecular formula is C26H29F3N4O4. The second-order valence-corrected chi connectivity index (χ2v) is 10.1. The normalized spacial score (nSPS) is 22.8. The Kier molecular flexibility index (Phi) is 6.72. The Morgan fingerprint density at radius 2 is 1.92 bits per heavy atom. The van der Waals surface area contributed by atoms with Gasteiger partial charge in [-0.1, -0.05) is 48.1 Å². The summed E-state index contributed by atoms with van der Waals surface area (Å²) >= 11 is 0. The molecule has 0 N–H and O–H groups in total. The highest BCUT2D eigenvalue weighted by Gasteiger charge is 2.55. The fourth-order valence-corrected chi connectivity index (χ4v) is 5.17. The quantitative estimate of drug-likeness (QED) is 0.477. The Hall–Kier alpha value is -3.37. The van der Waals surface area contributed by atoms with Crippen LogP contribution in [0.2, 0.25) is 0 Å². The minimum Gasteiger partial charge on any atom is -0.445 e. The van der Waals surface area contributed by atoms with E-state index in [1.54, 1.807) is 4.90 Å². The first-order chi connectivity index (χ1) is 17.7. The molecule has 8 nitrogen and oxygen atoms in total. The summed E-state index contributed by atoms with van der Waals surface area (Å²) in [6.45, 7) is 4.10. The number of nitrogens with zero attached hydrogens (tertiary/aromatic N) is 4. The lowest BCUT2D eigenvalue weighted by Gasteiger charge is -2.30. The van der Waals surface area contributed by atoms with Crippen molar-refractivity contribution in [1.82, 2.24) is 19.9 Å². The molecule has 1 aliphatic heterocycles. The number of halogens is 3. The molecule has 3 fully saturated rings. The van der Waals surface area contributed by atoms with Crippen LogP contribution in [0.1, 0.15) is 61.2 Å². The Labute approximate surface area is 212 Å². The molecule has 2 atom stereocenters. The highest BCUT2D eigenvalue weighted by atomic mass is 19.4. The van der Waals surface area contributed by atoms with Crippen molar-refractivity contribution in [3.63, 3.8) is 0 Å². The largest absolute Gasteiger partial charge is 0.471 e. The molecule has 0 bridgehead atoms. The molecule has 2 amide bonds. The molecule has 0 radical (unpaired) electrons. The predicted octanol–water partition coefficient (Wildman–Crippen LogP) is 4.55. The van der Waals surface area contributed by atoms with Crippen LogP contribution in [0, 0.1) is 0 Å². The van der Waals surface area contributed by atoms with E-state index in [-0.39, 0.29) is 37.6 Å². The second kappa shape index (κ2) is 9.83. The molecule has 1 aromatic carbocycles. The number of amides is 2. The van der Waals surface area contributed by atoms with Gasteiger partial charge in [0.25, 0.3) is 0 Å². The van der Waals surface area contributed by atoms with Crippen LogP contribution in [-0.4, -0.2) is 70.4 Å². The predicted molar refractivity (Wildman–Crippen MR) is 126 cm³/mol. The number of carbonyl (C=O) groups excluding carboxylic acids is 2. The van der Waals surface area contributed by atoms with Crippen molar-refractivity contribution in [1.29, 1.82) is 0 Å². The smallest absolute Gasteiger partial charge is 0.445 e. The van der Waals surface area contributed by atoms with Gasteiger partial charge < -0.3 is 19.1 Å². The summed E-state index contributed by atoms with van der Waals surface area (Å²) in [4.78, 5) is 31.7. The number of hydrogen-bond donors (Lipinski definition) is 0. The number of alkyl halides is 3. The van der Waals surface area contributed by atoms with E-state index in [0.29, 0.717) is 31.1 Å². The second-order valence-electron chi connectivity index (χ2n) is 10.1. The lowest BCUT2D eigenvalue weighted by atomic mass is 9.96. The van der Waals surface area contributed by atoms with E-state index >= 15 is 0 Å². The maximum Gasteiger partial charge on any atom is 0.471 e. The van der Waals surface area contributed by atoms with Gasteiger partial charge in [0.2, 0.25) is 5.89 Å². The molecule has 2 aliphatic carbocycles. The average molecular weight is 519 g/mol. The van der Waals surface area contributed by atoms with Crippen molar-refractivity contribution in [3.05, 3.63) is 60.3 Å². The first kappa shape index (κ1) is 25.3. The van der Waals surface area contributed by atoms with Gasteiger partial charge in [0.1, 0.15) is 6.61 Å². The molecular weight excluding hydrogens is 489 g/mol. The van der Waals surface area contributed by atoms with Gasteiger partial charge >= 0.3 is 18.2 Å². The van der Waals surface area contributed by atoms with Gasteiger partial charge in [-0.3, -0.25) is 4.79 Å². The van der Waals surface area contributed by atoms with E-state index < -0.39 is 23.6 Å². The monoisotopic (exact) mass is 518 g/mol. The Morgan fingerprint density at radius 3 is 2.54 bits per heavy atom. The van der Waals surface area contributed by atoms with Crippen LogP contribution in [0.5, 0.6) is 0 Å². The van der Waals surface area contributed by atoms with Crippen molar-refractivity contribution >= 4 is 12.0 Å². The first-order valence-corrected chi connectivity index (χ1v) is 12.5. The molecule has 2 aromatic rings. The van der Waals surface area contributed by atoms with Crippen LogP contribution in [0.15, 0.2) is 47.5 Å². The number of carbonyl (C=O) groups is 2. The number of piperidine rings is 1. The SMILES string of the molecule is C=CCOC(=O)N(CC1(c2noc(C3CCN(C(=O)C(F)(F)F)CC3)n2)CC1)C1CC1c1ccccc1. The zero-order valence-corrected chi connectivity index (χ0v) is 20.3. The Balaban J connectivity index is 1.26. The number of ether oxygens (including phenoxy) is 1. The third-order valence-electron chi connectivity index (χ3n) is 7.56. The van der Waals surface area contributed by atoms with Gasteiger partial charge in [-0.2, -0.15) is 18.2 Å². The molecule has 11 heteroatoms. The Morgan fingerprint density at radius 1 is 1.22 bits per heavy atom. The van der Waals surface area contributed by atoms with Gasteiger partial charge in [0.05, 0.1) is 5.41 Å². The van der Waals surface area contributed by atoms with E-state index in [1.807, 2.05) is 18.2 Å². The molecule has 1 aromatic heterocycles. The van der Waals surface area contributed by atoms with Gasteiger partial charge in [0.15, 0.2) is 5.82 Å². The van der Waals surface area contributed by atoms with E-state index in [1.165, 1.54) is 11.6 Å². The highest BCUT2D eigenvalue weighted by molar-refractivity contribution is 5.81. The van der Waals surface area contributed by atoms with E-state index in [2.05, 4.69) is 28.9 Å². The van der Waals surface area contributed by atoms with Gasteiger partial charge in [0, 0.05) is 37.5 Å². The van der Waals surface area contributed by atoms with Crippen LogP contribution in [-0.2, 0) is 14.9 Å². The number of aromatic nitrogens is 2. The van der Waals surface area contributed by atoms with Crippen LogP contribution in [0.3, 0.4) is 0 Å². The summed E-state index contributed by atoms with van der Waals surface area (Å²) in [6, 6.07) is 10.1. The third kappa shape index (κ3) is 5.35. The lowest BCUT2D eigenvalue weighted by molar-refractivity contribution is -0.186. The molecule has 0 spiro atoms. The molecule has 37 heavy (non-hydrogen) atoms. The van der Waals surface area contributed by atoms with E-state index in [4.69, 9.17) is 9.26 Å². The van der Waals surface area contributed by atoms with Gasteiger partial charge in [-0.05, 0) is 37.7 Å². The summed E-state index contributed by atoms with van der Waals surface area (Å²) in [5, 5.41) is 4.21. The van der Waals surface area contributed by atoms with Gasteiger partial charge in [-0.25, -0.2) is 4.79 Å². The summed E-state index contributed by atoms with van der Waals surface area (Å²) in [7, 11) is 0. The Bertz CT molecular complexity index is 1140. The van der Waals surface area contributed by atoms with Crippen LogP contribution >= 0.6 is 0 Å². The number of hydrogen-bond acceptors (Lipinski definition) is 6. The van der Waals surface area contributed by atoms with Crippen molar-refractivity contribution in [2.45, 2.75) is 61.6 Å². The third-order valence-corrected chi connectivity index (χ3v) is 7.56. The zero-order valence-electron chi connectivity index (χ0n) is 20.3. The minimum atomic E-state index is -4.87. The van der Waals surface area contributed by atoms with Crippen LogP contribution < -0.4 is 0 Å². The fraction of sp³-hybridized carbons (Fsp3) is 0.538. The van der Waals surface area contributed by atoms with Gasteiger partial charge in [-0.15, -0.1) is 0 Å². The molecule has 198 valence electrons. The maximum atomic E-state index is 13.0. The zero-order chi connectivity index (χ0) is 26.2. The minimum absolute atomic E-state index is 0.0130.